The van der Waals surface area contributed by atoms with Gasteiger partial charge in [0, 0.05) is 21.8 Å². The highest BCUT2D eigenvalue weighted by atomic mass is 79.9. The molecule has 0 atom stereocenters. The predicted molar refractivity (Wildman–Crippen MR) is 96.9 cm³/mol. The Bertz CT molecular complexity index is 881. The molecule has 24 heavy (non-hydrogen) atoms. The molecule has 0 saturated heterocycles. The minimum absolute atomic E-state index is 0.0358. The van der Waals surface area contributed by atoms with E-state index in [1.54, 1.807) is 24.3 Å². The first-order valence-electron chi connectivity index (χ1n) is 7.24. The van der Waals surface area contributed by atoms with Crippen molar-refractivity contribution in [3.63, 3.8) is 0 Å². The zero-order valence-electron chi connectivity index (χ0n) is 12.4. The van der Waals surface area contributed by atoms with Gasteiger partial charge < -0.3 is 5.32 Å². The van der Waals surface area contributed by atoms with E-state index in [9.17, 15) is 13.2 Å². The lowest BCUT2D eigenvalue weighted by molar-refractivity contribution is 0.102. The number of benzene rings is 2. The average Bonchev–Trinajstić information content (AvgIpc) is 3.33. The number of rotatable bonds is 5. The smallest absolute Gasteiger partial charge is 0.255 e. The molecule has 8 heteroatoms. The van der Waals surface area contributed by atoms with Gasteiger partial charge >= 0.3 is 0 Å². The van der Waals surface area contributed by atoms with Gasteiger partial charge in [-0.25, -0.2) is 13.1 Å². The molecule has 1 aliphatic rings. The number of sulfonamides is 1. The molecule has 2 aromatic rings. The van der Waals surface area contributed by atoms with Crippen molar-refractivity contribution in [3.05, 3.63) is 57.5 Å². The van der Waals surface area contributed by atoms with E-state index in [1.807, 2.05) is 0 Å². The third-order valence-corrected chi connectivity index (χ3v) is 6.01. The fourth-order valence-electron chi connectivity index (χ4n) is 2.07. The SMILES string of the molecule is O=C(Nc1ccc(Br)cc1)c1ccc(Cl)c(S(=O)(=O)NC2CC2)c1. The van der Waals surface area contributed by atoms with Crippen LogP contribution in [0.1, 0.15) is 23.2 Å². The zero-order chi connectivity index (χ0) is 17.3. The highest BCUT2D eigenvalue weighted by molar-refractivity contribution is 9.10. The molecule has 0 unspecified atom stereocenters. The molecular formula is C16H14BrClN2O3S. The zero-order valence-corrected chi connectivity index (χ0v) is 15.6. The third kappa shape index (κ3) is 4.16. The van der Waals surface area contributed by atoms with Crippen molar-refractivity contribution in [2.24, 2.45) is 0 Å². The summed E-state index contributed by atoms with van der Waals surface area (Å²) in [7, 11) is -3.73. The van der Waals surface area contributed by atoms with Crippen LogP contribution in [0.3, 0.4) is 0 Å². The third-order valence-electron chi connectivity index (χ3n) is 3.48. The van der Waals surface area contributed by atoms with Crippen LogP contribution in [0.2, 0.25) is 5.02 Å². The van der Waals surface area contributed by atoms with E-state index in [2.05, 4.69) is 26.0 Å². The van der Waals surface area contributed by atoms with E-state index < -0.39 is 15.9 Å². The van der Waals surface area contributed by atoms with Gasteiger partial charge in [-0.1, -0.05) is 27.5 Å². The second-order valence-electron chi connectivity index (χ2n) is 5.50. The summed E-state index contributed by atoms with van der Waals surface area (Å²) in [6.07, 6.45) is 1.64. The van der Waals surface area contributed by atoms with E-state index >= 15 is 0 Å². The van der Waals surface area contributed by atoms with E-state index in [0.717, 1.165) is 17.3 Å². The molecule has 1 fully saturated rings. The summed E-state index contributed by atoms with van der Waals surface area (Å²) in [4.78, 5) is 12.3. The Morgan fingerprint density at radius 3 is 2.42 bits per heavy atom. The second kappa shape index (κ2) is 6.84. The summed E-state index contributed by atoms with van der Waals surface area (Å²) in [6, 6.07) is 11.2. The standard InChI is InChI=1S/C16H14BrClN2O3S/c17-11-2-4-12(5-3-11)19-16(21)10-1-8-14(18)15(9-10)24(22,23)20-13-6-7-13/h1-5,8-9,13,20H,6-7H2,(H,19,21). The maximum atomic E-state index is 12.3. The van der Waals surface area contributed by atoms with E-state index in [0.29, 0.717) is 5.69 Å². The lowest BCUT2D eigenvalue weighted by atomic mass is 10.2. The van der Waals surface area contributed by atoms with E-state index in [4.69, 9.17) is 11.6 Å². The number of carbonyl (C=O) groups is 1. The second-order valence-corrected chi connectivity index (χ2v) is 8.51. The van der Waals surface area contributed by atoms with Crippen LogP contribution >= 0.6 is 27.5 Å². The first kappa shape index (κ1) is 17.4. The van der Waals surface area contributed by atoms with Crippen LogP contribution in [0.4, 0.5) is 5.69 Å². The van der Waals surface area contributed by atoms with Crippen molar-refractivity contribution >= 4 is 49.1 Å². The fourth-order valence-corrected chi connectivity index (χ4v) is 4.17. The minimum Gasteiger partial charge on any atom is -0.322 e. The number of nitrogens with one attached hydrogen (secondary N) is 2. The molecule has 1 aliphatic carbocycles. The van der Waals surface area contributed by atoms with Crippen LogP contribution < -0.4 is 10.0 Å². The number of anilines is 1. The Hall–Kier alpha value is -1.41. The van der Waals surface area contributed by atoms with Crippen molar-refractivity contribution in [1.82, 2.24) is 4.72 Å². The van der Waals surface area contributed by atoms with Crippen LogP contribution in [-0.2, 0) is 10.0 Å². The van der Waals surface area contributed by atoms with Crippen LogP contribution in [0.5, 0.6) is 0 Å². The van der Waals surface area contributed by atoms with Gasteiger partial charge in [-0.3, -0.25) is 4.79 Å². The molecule has 1 saturated carbocycles. The maximum absolute atomic E-state index is 12.3. The summed E-state index contributed by atoms with van der Waals surface area (Å²) >= 11 is 9.33. The summed E-state index contributed by atoms with van der Waals surface area (Å²) in [5, 5.41) is 2.81. The summed E-state index contributed by atoms with van der Waals surface area (Å²) < 4.78 is 28.1. The van der Waals surface area contributed by atoms with E-state index in [1.165, 1.54) is 18.2 Å². The topological polar surface area (TPSA) is 75.3 Å². The summed E-state index contributed by atoms with van der Waals surface area (Å²) in [5.74, 6) is -0.406. The van der Waals surface area contributed by atoms with Crippen LogP contribution in [-0.4, -0.2) is 20.4 Å². The summed E-state index contributed by atoms with van der Waals surface area (Å²) in [5.41, 5.74) is 0.831. The Kier molecular flexibility index (Phi) is 4.96. The molecule has 0 spiro atoms. The molecule has 126 valence electrons. The predicted octanol–water partition coefficient (Wildman–Crippen LogP) is 3.80. The van der Waals surface area contributed by atoms with Crippen molar-refractivity contribution < 1.29 is 13.2 Å². The van der Waals surface area contributed by atoms with Crippen molar-refractivity contribution in [1.29, 1.82) is 0 Å². The molecule has 0 aliphatic heterocycles. The Balaban J connectivity index is 1.84. The monoisotopic (exact) mass is 428 g/mol. The molecule has 0 aromatic heterocycles. The molecule has 0 bridgehead atoms. The van der Waals surface area contributed by atoms with Crippen molar-refractivity contribution in [3.8, 4) is 0 Å². The normalized spacial score (nSPS) is 14.4. The average molecular weight is 430 g/mol. The van der Waals surface area contributed by atoms with Crippen molar-refractivity contribution in [2.45, 2.75) is 23.8 Å². The fraction of sp³-hybridized carbons (Fsp3) is 0.188. The molecule has 3 rings (SSSR count). The lowest BCUT2D eigenvalue weighted by Crippen LogP contribution is -2.26. The van der Waals surface area contributed by atoms with Gasteiger partial charge in [-0.2, -0.15) is 0 Å². The molecule has 1 amide bonds. The largest absolute Gasteiger partial charge is 0.322 e. The van der Waals surface area contributed by atoms with Gasteiger partial charge in [0.05, 0.1) is 5.02 Å². The molecule has 0 heterocycles. The summed E-state index contributed by atoms with van der Waals surface area (Å²) in [6.45, 7) is 0. The highest BCUT2D eigenvalue weighted by Gasteiger charge is 2.29. The Morgan fingerprint density at radius 1 is 1.12 bits per heavy atom. The minimum atomic E-state index is -3.73. The van der Waals surface area contributed by atoms with Gasteiger partial charge in [0.25, 0.3) is 5.91 Å². The highest BCUT2D eigenvalue weighted by Crippen LogP contribution is 2.27. The quantitative estimate of drug-likeness (QED) is 0.759. The van der Waals surface area contributed by atoms with Crippen LogP contribution in [0.15, 0.2) is 51.8 Å². The number of carbonyl (C=O) groups excluding carboxylic acids is 1. The van der Waals surface area contributed by atoms with Gasteiger partial charge in [0.2, 0.25) is 10.0 Å². The Morgan fingerprint density at radius 2 is 1.79 bits per heavy atom. The van der Waals surface area contributed by atoms with Crippen molar-refractivity contribution in [2.75, 3.05) is 5.32 Å². The Labute approximate surface area is 153 Å². The van der Waals surface area contributed by atoms with Gasteiger partial charge in [-0.05, 0) is 55.3 Å². The van der Waals surface area contributed by atoms with Gasteiger partial charge in [-0.15, -0.1) is 0 Å². The first-order valence-corrected chi connectivity index (χ1v) is 9.89. The number of amides is 1. The van der Waals surface area contributed by atoms with Gasteiger partial charge in [0.15, 0.2) is 0 Å². The molecule has 2 aromatic carbocycles. The number of hydrogen-bond donors (Lipinski definition) is 2. The van der Waals surface area contributed by atoms with Gasteiger partial charge in [0.1, 0.15) is 4.90 Å². The first-order chi connectivity index (χ1) is 11.3. The van der Waals surface area contributed by atoms with Crippen LogP contribution in [0.25, 0.3) is 0 Å². The molecule has 2 N–H and O–H groups in total. The van der Waals surface area contributed by atoms with Crippen LogP contribution in [0, 0.1) is 0 Å². The molecule has 0 radical (unpaired) electrons. The number of hydrogen-bond acceptors (Lipinski definition) is 3. The molecule has 5 nitrogen and oxygen atoms in total. The molecular weight excluding hydrogens is 416 g/mol. The van der Waals surface area contributed by atoms with E-state index in [-0.39, 0.29) is 21.5 Å². The number of halogens is 2. The lowest BCUT2D eigenvalue weighted by Gasteiger charge is -2.10. The maximum Gasteiger partial charge on any atom is 0.255 e.